The number of nitrogen functional groups attached to an aromatic ring is 1. The molecular weight excluding hydrogens is 302 g/mol. The van der Waals surface area contributed by atoms with Gasteiger partial charge in [-0.25, -0.2) is 4.98 Å². The van der Waals surface area contributed by atoms with Crippen LogP contribution in [0.3, 0.4) is 0 Å². The van der Waals surface area contributed by atoms with Gasteiger partial charge in [0.15, 0.2) is 0 Å². The van der Waals surface area contributed by atoms with E-state index in [0.717, 1.165) is 50.3 Å². The Hall–Kier alpha value is -1.85. The Morgan fingerprint density at radius 1 is 1.21 bits per heavy atom. The third-order valence-corrected chi connectivity index (χ3v) is 5.22. The van der Waals surface area contributed by atoms with E-state index in [9.17, 15) is 4.79 Å². The molecule has 1 saturated carbocycles. The van der Waals surface area contributed by atoms with Crippen molar-refractivity contribution < 1.29 is 4.79 Å². The lowest BCUT2D eigenvalue weighted by molar-refractivity contribution is -0.136. The average molecular weight is 331 g/mol. The number of nitrogens with zero attached hydrogens (tertiary/aromatic N) is 3. The molecule has 1 saturated heterocycles. The first-order chi connectivity index (χ1) is 11.5. The number of rotatable bonds is 4. The van der Waals surface area contributed by atoms with E-state index in [1.165, 1.54) is 12.8 Å². The van der Waals surface area contributed by atoms with Gasteiger partial charge in [0.05, 0.1) is 5.69 Å². The van der Waals surface area contributed by atoms with Crippen molar-refractivity contribution in [3.8, 4) is 0 Å². The zero-order valence-corrected chi connectivity index (χ0v) is 14.8. The zero-order chi connectivity index (χ0) is 17.1. The number of likely N-dealkylation sites (tertiary alicyclic amines) is 1. The van der Waals surface area contributed by atoms with Crippen LogP contribution in [0, 0.1) is 5.92 Å². The van der Waals surface area contributed by atoms with E-state index in [-0.39, 0.29) is 5.92 Å². The number of hydrogen-bond donors (Lipinski definition) is 2. The van der Waals surface area contributed by atoms with Crippen LogP contribution in [-0.2, 0) is 4.79 Å². The molecule has 1 aromatic heterocycles. The van der Waals surface area contributed by atoms with Gasteiger partial charge >= 0.3 is 0 Å². The van der Waals surface area contributed by atoms with E-state index in [1.54, 1.807) is 0 Å². The molecule has 0 atom stereocenters. The molecule has 24 heavy (non-hydrogen) atoms. The highest BCUT2D eigenvalue weighted by Crippen LogP contribution is 2.28. The molecule has 1 amide bonds. The molecule has 1 aliphatic carbocycles. The van der Waals surface area contributed by atoms with E-state index < -0.39 is 0 Å². The first-order valence-corrected chi connectivity index (χ1v) is 9.22. The van der Waals surface area contributed by atoms with Crippen LogP contribution in [0.25, 0.3) is 0 Å². The van der Waals surface area contributed by atoms with Crippen molar-refractivity contribution in [1.29, 1.82) is 0 Å². The Labute approximate surface area is 144 Å². The molecule has 0 unspecified atom stereocenters. The number of carbonyl (C=O) groups excluding carboxylic acids is 1. The van der Waals surface area contributed by atoms with Crippen molar-refractivity contribution in [3.63, 3.8) is 0 Å². The van der Waals surface area contributed by atoms with E-state index in [0.29, 0.717) is 23.8 Å². The van der Waals surface area contributed by atoms with Gasteiger partial charge in [-0.05, 0) is 31.6 Å². The van der Waals surface area contributed by atoms with Crippen molar-refractivity contribution in [2.75, 3.05) is 24.1 Å². The standard InChI is InChI=1S/C18H29N5O/c1-12(2)15-11-16(22-18(19)21-15)20-14-7-9-23(10-8-14)17(24)13-5-3-4-6-13/h11-14H,3-10H2,1-2H3,(H3,19,20,21,22). The fourth-order valence-electron chi connectivity index (χ4n) is 3.74. The minimum atomic E-state index is 0.282. The molecule has 6 nitrogen and oxygen atoms in total. The summed E-state index contributed by atoms with van der Waals surface area (Å²) < 4.78 is 0. The maximum absolute atomic E-state index is 12.5. The predicted molar refractivity (Wildman–Crippen MR) is 95.7 cm³/mol. The lowest BCUT2D eigenvalue weighted by Crippen LogP contribution is -2.44. The van der Waals surface area contributed by atoms with Crippen LogP contribution >= 0.6 is 0 Å². The van der Waals surface area contributed by atoms with Crippen LogP contribution < -0.4 is 11.1 Å². The third kappa shape index (κ3) is 3.97. The highest BCUT2D eigenvalue weighted by atomic mass is 16.2. The largest absolute Gasteiger partial charge is 0.368 e. The second kappa shape index (κ2) is 7.36. The number of carbonyl (C=O) groups is 1. The highest BCUT2D eigenvalue weighted by Gasteiger charge is 2.30. The molecule has 1 aromatic rings. The second-order valence-electron chi connectivity index (χ2n) is 7.42. The Morgan fingerprint density at radius 2 is 1.88 bits per heavy atom. The Bertz CT molecular complexity index is 575. The van der Waals surface area contributed by atoms with Gasteiger partial charge in [-0.15, -0.1) is 0 Å². The van der Waals surface area contributed by atoms with Crippen LogP contribution in [0.15, 0.2) is 6.07 Å². The van der Waals surface area contributed by atoms with Gasteiger partial charge in [-0.3, -0.25) is 4.79 Å². The number of nitrogens with one attached hydrogen (secondary N) is 1. The summed E-state index contributed by atoms with van der Waals surface area (Å²) >= 11 is 0. The molecule has 2 fully saturated rings. The summed E-state index contributed by atoms with van der Waals surface area (Å²) in [7, 11) is 0. The van der Waals surface area contributed by atoms with Gasteiger partial charge in [-0.1, -0.05) is 26.7 Å². The molecule has 0 aromatic carbocycles. The monoisotopic (exact) mass is 331 g/mol. The van der Waals surface area contributed by atoms with Crippen LogP contribution in [0.1, 0.15) is 64.0 Å². The van der Waals surface area contributed by atoms with E-state index in [1.807, 2.05) is 6.07 Å². The van der Waals surface area contributed by atoms with E-state index in [2.05, 4.69) is 34.0 Å². The van der Waals surface area contributed by atoms with Gasteiger partial charge in [0.1, 0.15) is 5.82 Å². The maximum Gasteiger partial charge on any atom is 0.225 e. The first-order valence-electron chi connectivity index (χ1n) is 9.22. The quantitative estimate of drug-likeness (QED) is 0.886. The Kier molecular flexibility index (Phi) is 5.21. The Balaban J connectivity index is 1.54. The molecule has 1 aliphatic heterocycles. The van der Waals surface area contributed by atoms with Crippen molar-refractivity contribution in [1.82, 2.24) is 14.9 Å². The fourth-order valence-corrected chi connectivity index (χ4v) is 3.74. The van der Waals surface area contributed by atoms with Gasteiger partial charge < -0.3 is 16.0 Å². The second-order valence-corrected chi connectivity index (χ2v) is 7.42. The van der Waals surface area contributed by atoms with Gasteiger partial charge in [0, 0.05) is 31.1 Å². The van der Waals surface area contributed by atoms with Gasteiger partial charge in [0.2, 0.25) is 11.9 Å². The summed E-state index contributed by atoms with van der Waals surface area (Å²) in [5, 5.41) is 3.48. The van der Waals surface area contributed by atoms with Crippen LogP contribution in [0.2, 0.25) is 0 Å². The lowest BCUT2D eigenvalue weighted by Gasteiger charge is -2.34. The SMILES string of the molecule is CC(C)c1cc(NC2CCN(C(=O)C3CCCC3)CC2)nc(N)n1. The summed E-state index contributed by atoms with van der Waals surface area (Å²) in [6, 6.07) is 2.32. The van der Waals surface area contributed by atoms with Crippen LogP contribution in [-0.4, -0.2) is 39.9 Å². The zero-order valence-electron chi connectivity index (χ0n) is 14.8. The summed E-state index contributed by atoms with van der Waals surface area (Å²) in [6.45, 7) is 5.87. The number of piperidine rings is 1. The fraction of sp³-hybridized carbons (Fsp3) is 0.722. The molecule has 132 valence electrons. The normalized spacial score (nSPS) is 19.9. The molecule has 0 spiro atoms. The summed E-state index contributed by atoms with van der Waals surface area (Å²) in [5.41, 5.74) is 6.78. The average Bonchev–Trinajstić information content (AvgIpc) is 3.09. The van der Waals surface area contributed by atoms with Crippen molar-refractivity contribution in [3.05, 3.63) is 11.8 Å². The summed E-state index contributed by atoms with van der Waals surface area (Å²) in [6.07, 6.45) is 6.49. The molecule has 2 heterocycles. The summed E-state index contributed by atoms with van der Waals surface area (Å²) in [5.74, 6) is 2.09. The minimum absolute atomic E-state index is 0.282. The molecule has 0 bridgehead atoms. The number of nitrogens with two attached hydrogens (primary N) is 1. The molecule has 3 N–H and O–H groups in total. The van der Waals surface area contributed by atoms with Crippen molar-refractivity contribution >= 4 is 17.7 Å². The van der Waals surface area contributed by atoms with Crippen molar-refractivity contribution in [2.24, 2.45) is 5.92 Å². The highest BCUT2D eigenvalue weighted by molar-refractivity contribution is 5.79. The summed E-state index contributed by atoms with van der Waals surface area (Å²) in [4.78, 5) is 23.1. The van der Waals surface area contributed by atoms with Crippen molar-refractivity contribution in [2.45, 2.75) is 64.3 Å². The molecule has 0 radical (unpaired) electrons. The van der Waals surface area contributed by atoms with Gasteiger partial charge in [-0.2, -0.15) is 4.98 Å². The predicted octanol–water partition coefficient (Wildman–Crippen LogP) is 2.78. The molecular formula is C18H29N5O. The molecule has 6 heteroatoms. The smallest absolute Gasteiger partial charge is 0.225 e. The topological polar surface area (TPSA) is 84.1 Å². The maximum atomic E-state index is 12.5. The van der Waals surface area contributed by atoms with E-state index in [4.69, 9.17) is 5.73 Å². The minimum Gasteiger partial charge on any atom is -0.368 e. The number of anilines is 2. The van der Waals surface area contributed by atoms with Gasteiger partial charge in [0.25, 0.3) is 0 Å². The van der Waals surface area contributed by atoms with Crippen LogP contribution in [0.5, 0.6) is 0 Å². The first kappa shape index (κ1) is 17.0. The number of aromatic nitrogens is 2. The molecule has 3 rings (SSSR count). The Morgan fingerprint density at radius 3 is 2.50 bits per heavy atom. The lowest BCUT2D eigenvalue weighted by atomic mass is 10.0. The number of amides is 1. The van der Waals surface area contributed by atoms with Crippen LogP contribution in [0.4, 0.5) is 11.8 Å². The third-order valence-electron chi connectivity index (χ3n) is 5.22. The number of hydrogen-bond acceptors (Lipinski definition) is 5. The molecule has 2 aliphatic rings. The van der Waals surface area contributed by atoms with E-state index >= 15 is 0 Å².